The van der Waals surface area contributed by atoms with Crippen molar-refractivity contribution in [1.82, 2.24) is 0 Å². The number of ether oxygens (including phenoxy) is 1. The highest BCUT2D eigenvalue weighted by molar-refractivity contribution is 7.99. The molecule has 1 nitrogen and oxygen atoms in total. The average molecular weight is 427 g/mol. The number of unbranched alkanes of at least 4 members (excludes halogenated alkanes) is 10. The van der Waals surface area contributed by atoms with Crippen LogP contribution in [0.1, 0.15) is 105 Å². The van der Waals surface area contributed by atoms with Crippen LogP contribution in [0.15, 0.2) is 0 Å². The summed E-state index contributed by atoms with van der Waals surface area (Å²) in [6, 6.07) is 0. The van der Waals surface area contributed by atoms with Crippen LogP contribution in [0.4, 0.5) is 0 Å². The molecule has 0 saturated carbocycles. The molecule has 0 aromatic rings. The highest BCUT2D eigenvalue weighted by atomic mass is 32.2. The van der Waals surface area contributed by atoms with Crippen LogP contribution in [0.5, 0.6) is 0 Å². The van der Waals surface area contributed by atoms with Crippen LogP contribution in [0.3, 0.4) is 0 Å². The van der Waals surface area contributed by atoms with Crippen molar-refractivity contribution >= 4 is 19.8 Å². The van der Waals surface area contributed by atoms with Gasteiger partial charge in [0.05, 0.1) is 12.7 Å². The topological polar surface area (TPSA) is 9.23 Å². The Balaban J connectivity index is 3.31. The molecule has 0 aliphatic rings. The fourth-order valence-electron chi connectivity index (χ4n) is 2.75. The summed E-state index contributed by atoms with van der Waals surface area (Å²) in [6.45, 7) is 17.0. The van der Waals surface area contributed by atoms with E-state index < -0.39 is 8.07 Å². The van der Waals surface area contributed by atoms with Crippen LogP contribution in [0.2, 0.25) is 18.1 Å². The Labute approximate surface area is 183 Å². The molecule has 28 heavy (non-hydrogen) atoms. The molecule has 0 aromatic carbocycles. The minimum Gasteiger partial charge on any atom is -0.378 e. The molecule has 0 aromatic heterocycles. The third-order valence-electron chi connectivity index (χ3n) is 5.80. The van der Waals surface area contributed by atoms with E-state index in [4.69, 9.17) is 4.74 Å². The molecule has 0 rings (SSSR count). The van der Waals surface area contributed by atoms with Gasteiger partial charge in [0.1, 0.15) is 8.07 Å². The maximum Gasteiger partial charge on any atom is 0.137 e. The molecular weight excluding hydrogens is 376 g/mol. The standard InChI is InChI=1S/C25H50OSSi/c1-24(2)26-20-22-27-21-18-16-14-12-10-8-9-11-13-15-17-19-23-28(6,7)25(3,4)5/h24H,8-18,20-22H2,1-7H3. The van der Waals surface area contributed by atoms with Gasteiger partial charge in [-0.25, -0.2) is 0 Å². The Bertz CT molecular complexity index is 414. The van der Waals surface area contributed by atoms with E-state index in [0.717, 1.165) is 18.8 Å². The summed E-state index contributed by atoms with van der Waals surface area (Å²) in [5.41, 5.74) is 3.63. The van der Waals surface area contributed by atoms with Crippen molar-refractivity contribution in [2.45, 2.75) is 129 Å². The first-order valence-electron chi connectivity index (χ1n) is 11.9. The quantitative estimate of drug-likeness (QED) is 0.139. The van der Waals surface area contributed by atoms with Crippen LogP contribution < -0.4 is 0 Å². The van der Waals surface area contributed by atoms with Crippen molar-refractivity contribution in [2.75, 3.05) is 18.1 Å². The van der Waals surface area contributed by atoms with Gasteiger partial charge in [0.2, 0.25) is 0 Å². The summed E-state index contributed by atoms with van der Waals surface area (Å²) in [6.07, 6.45) is 15.5. The SMILES string of the molecule is CC(C)OCCSCCCCCCCCCCCCC#C[Si](C)(C)C(C)(C)C. The minimum atomic E-state index is -1.39. The molecule has 0 amide bonds. The van der Waals surface area contributed by atoms with E-state index in [0.29, 0.717) is 11.1 Å². The van der Waals surface area contributed by atoms with E-state index in [9.17, 15) is 0 Å². The van der Waals surface area contributed by atoms with Gasteiger partial charge in [-0.05, 0) is 37.5 Å². The lowest BCUT2D eigenvalue weighted by molar-refractivity contribution is 0.0920. The van der Waals surface area contributed by atoms with Crippen molar-refractivity contribution in [3.8, 4) is 11.5 Å². The van der Waals surface area contributed by atoms with Crippen molar-refractivity contribution in [3.05, 3.63) is 0 Å². The Hall–Kier alpha value is 0.0869. The van der Waals surface area contributed by atoms with Crippen LogP contribution >= 0.6 is 11.8 Å². The van der Waals surface area contributed by atoms with Crippen molar-refractivity contribution < 1.29 is 4.74 Å². The van der Waals surface area contributed by atoms with Gasteiger partial charge >= 0.3 is 0 Å². The van der Waals surface area contributed by atoms with E-state index in [-0.39, 0.29) is 0 Å². The molecule has 0 heterocycles. The van der Waals surface area contributed by atoms with E-state index >= 15 is 0 Å². The van der Waals surface area contributed by atoms with E-state index in [1.165, 1.54) is 70.0 Å². The van der Waals surface area contributed by atoms with Crippen LogP contribution in [0.25, 0.3) is 0 Å². The van der Waals surface area contributed by atoms with E-state index in [1.807, 2.05) is 11.8 Å². The molecule has 0 aliphatic carbocycles. The van der Waals surface area contributed by atoms with Gasteiger partial charge in [-0.3, -0.25) is 0 Å². The first-order valence-corrected chi connectivity index (χ1v) is 16.0. The lowest BCUT2D eigenvalue weighted by Crippen LogP contribution is -2.35. The molecule has 0 radical (unpaired) electrons. The van der Waals surface area contributed by atoms with Gasteiger partial charge in [-0.15, -0.1) is 11.5 Å². The second-order valence-corrected chi connectivity index (χ2v) is 16.2. The maximum absolute atomic E-state index is 5.56. The van der Waals surface area contributed by atoms with Crippen molar-refractivity contribution in [2.24, 2.45) is 0 Å². The zero-order valence-corrected chi connectivity index (χ0v) is 22.1. The molecule has 0 saturated heterocycles. The van der Waals surface area contributed by atoms with Gasteiger partial charge in [0.25, 0.3) is 0 Å². The maximum atomic E-state index is 5.56. The smallest absolute Gasteiger partial charge is 0.137 e. The second kappa shape index (κ2) is 16.8. The minimum absolute atomic E-state index is 0.376. The lowest BCUT2D eigenvalue weighted by Gasteiger charge is -2.31. The summed E-state index contributed by atoms with van der Waals surface area (Å²) >= 11 is 2.05. The van der Waals surface area contributed by atoms with E-state index in [1.54, 1.807) is 0 Å². The summed E-state index contributed by atoms with van der Waals surface area (Å²) in [5, 5.41) is 0.390. The molecule has 0 N–H and O–H groups in total. The Morgan fingerprint density at radius 1 is 0.786 bits per heavy atom. The van der Waals surface area contributed by atoms with Gasteiger partial charge in [0.15, 0.2) is 0 Å². The highest BCUT2D eigenvalue weighted by Crippen LogP contribution is 2.35. The van der Waals surface area contributed by atoms with Crippen molar-refractivity contribution in [3.63, 3.8) is 0 Å². The molecule has 0 bridgehead atoms. The summed E-state index contributed by atoms with van der Waals surface area (Å²) in [4.78, 5) is 0. The monoisotopic (exact) mass is 426 g/mol. The Kier molecular flexibility index (Phi) is 16.9. The molecule has 166 valence electrons. The molecule has 3 heteroatoms. The zero-order chi connectivity index (χ0) is 21.3. The third kappa shape index (κ3) is 17.0. The molecule has 0 unspecified atom stereocenters. The fraction of sp³-hybridized carbons (Fsp3) is 0.920. The highest BCUT2D eigenvalue weighted by Gasteiger charge is 2.33. The molecule has 0 aliphatic heterocycles. The average Bonchev–Trinajstić information content (AvgIpc) is 2.59. The molecule has 0 fully saturated rings. The van der Waals surface area contributed by atoms with Crippen LogP contribution in [-0.4, -0.2) is 32.3 Å². The predicted octanol–water partition coefficient (Wildman–Crippen LogP) is 8.49. The number of hydrogen-bond donors (Lipinski definition) is 0. The van der Waals surface area contributed by atoms with Crippen LogP contribution in [-0.2, 0) is 4.74 Å². The van der Waals surface area contributed by atoms with Gasteiger partial charge in [0, 0.05) is 12.2 Å². The summed E-state index contributed by atoms with van der Waals surface area (Å²) < 4.78 is 5.56. The van der Waals surface area contributed by atoms with Crippen molar-refractivity contribution in [1.29, 1.82) is 0 Å². The fourth-order valence-corrected chi connectivity index (χ4v) is 4.52. The second-order valence-electron chi connectivity index (χ2n) is 9.99. The first-order chi connectivity index (χ1) is 13.2. The normalized spacial score (nSPS) is 12.3. The zero-order valence-electron chi connectivity index (χ0n) is 20.3. The van der Waals surface area contributed by atoms with E-state index in [2.05, 4.69) is 59.2 Å². The molecule has 0 spiro atoms. The predicted molar refractivity (Wildman–Crippen MR) is 134 cm³/mol. The largest absolute Gasteiger partial charge is 0.378 e. The number of thioether (sulfide) groups is 1. The van der Waals surface area contributed by atoms with Crippen LogP contribution in [0, 0.1) is 11.5 Å². The van der Waals surface area contributed by atoms with Gasteiger partial charge < -0.3 is 4.74 Å². The third-order valence-corrected chi connectivity index (χ3v) is 11.4. The molecular formula is C25H50OSSi. The number of hydrogen-bond acceptors (Lipinski definition) is 2. The molecule has 0 atom stereocenters. The Morgan fingerprint density at radius 3 is 1.79 bits per heavy atom. The van der Waals surface area contributed by atoms with Gasteiger partial charge in [-0.1, -0.05) is 85.2 Å². The lowest BCUT2D eigenvalue weighted by atomic mass is 10.1. The number of rotatable bonds is 16. The summed E-state index contributed by atoms with van der Waals surface area (Å²) in [7, 11) is -1.39. The first kappa shape index (κ1) is 28.1. The van der Waals surface area contributed by atoms with Gasteiger partial charge in [-0.2, -0.15) is 11.8 Å². The summed E-state index contributed by atoms with van der Waals surface area (Å²) in [5.74, 6) is 5.94. The Morgan fingerprint density at radius 2 is 1.29 bits per heavy atom.